The molecule has 2 amide bonds. The fourth-order valence-corrected chi connectivity index (χ4v) is 2.14. The van der Waals surface area contributed by atoms with E-state index in [2.05, 4.69) is 10.2 Å². The summed E-state index contributed by atoms with van der Waals surface area (Å²) in [6.45, 7) is 2.41. The number of fused-ring (bicyclic) bond motifs is 1. The number of carbonyl (C=O) groups excluding carboxylic acids is 2. The minimum Gasteiger partial charge on any atom is -0.494 e. The molecule has 0 saturated heterocycles. The quantitative estimate of drug-likeness (QED) is 0.326. The average Bonchev–Trinajstić information content (AvgIpc) is 2.81. The molecule has 0 atom stereocenters. The molecule has 0 aliphatic carbocycles. The van der Waals surface area contributed by atoms with Crippen LogP contribution in [-0.4, -0.2) is 55.7 Å². The molecule has 1 heterocycles. The molecule has 0 radical (unpaired) electrons. The lowest BCUT2D eigenvalue weighted by Crippen LogP contribution is -2.31. The molecule has 0 fully saturated rings. The Bertz CT molecular complexity index is 620. The molecule has 1 aromatic carbocycles. The Kier molecular flexibility index (Phi) is 8.34. The second kappa shape index (κ2) is 10.2. The first-order valence-corrected chi connectivity index (χ1v) is 7.95. The first kappa shape index (κ1) is 20.4. The van der Waals surface area contributed by atoms with Gasteiger partial charge in [-0.3, -0.25) is 14.5 Å². The number of imide groups is 1. The SMILES string of the molecule is CCCOc1ccc2c(c1)C(=O)N(CCCO[N+](=O)[O-])C2=O.CNC. The molecule has 0 bridgehead atoms. The van der Waals surface area contributed by atoms with Gasteiger partial charge in [-0.1, -0.05) is 6.92 Å². The van der Waals surface area contributed by atoms with Crippen molar-refractivity contribution in [3.05, 3.63) is 39.4 Å². The van der Waals surface area contributed by atoms with E-state index in [1.807, 2.05) is 21.0 Å². The van der Waals surface area contributed by atoms with E-state index in [9.17, 15) is 19.7 Å². The van der Waals surface area contributed by atoms with Gasteiger partial charge in [-0.25, -0.2) is 0 Å². The van der Waals surface area contributed by atoms with Crippen LogP contribution in [0.3, 0.4) is 0 Å². The van der Waals surface area contributed by atoms with Crippen LogP contribution in [0.15, 0.2) is 18.2 Å². The first-order chi connectivity index (χ1) is 12.0. The van der Waals surface area contributed by atoms with Crippen LogP contribution in [0, 0.1) is 10.1 Å². The standard InChI is InChI=1S/C14H16N2O6.C2H7N/c1-2-7-21-10-4-5-11-12(9-10)14(18)15(13(11)17)6-3-8-22-16(19)20;1-3-2/h4-5,9H,2-3,6-8H2,1H3;3H,1-2H3. The monoisotopic (exact) mass is 353 g/mol. The summed E-state index contributed by atoms with van der Waals surface area (Å²) in [5, 5.41) is 11.9. The number of carbonyl (C=O) groups is 2. The van der Waals surface area contributed by atoms with Crippen LogP contribution < -0.4 is 10.1 Å². The van der Waals surface area contributed by atoms with Gasteiger partial charge in [0.15, 0.2) is 0 Å². The summed E-state index contributed by atoms with van der Waals surface area (Å²) in [6, 6.07) is 4.77. The van der Waals surface area contributed by atoms with Crippen LogP contribution in [-0.2, 0) is 4.84 Å². The van der Waals surface area contributed by atoms with Crippen LogP contribution in [0.5, 0.6) is 5.75 Å². The van der Waals surface area contributed by atoms with Crippen LogP contribution in [0.4, 0.5) is 0 Å². The van der Waals surface area contributed by atoms with Crippen LogP contribution >= 0.6 is 0 Å². The molecule has 9 nitrogen and oxygen atoms in total. The van der Waals surface area contributed by atoms with Crippen molar-refractivity contribution in [2.24, 2.45) is 0 Å². The molecule has 1 aliphatic rings. The third-order valence-electron chi connectivity index (χ3n) is 3.14. The molecule has 2 rings (SSSR count). The Balaban J connectivity index is 0.000000970. The lowest BCUT2D eigenvalue weighted by molar-refractivity contribution is -0.757. The number of ether oxygens (including phenoxy) is 1. The third kappa shape index (κ3) is 5.71. The topological polar surface area (TPSA) is 111 Å². The number of benzene rings is 1. The van der Waals surface area contributed by atoms with Gasteiger partial charge in [-0.05, 0) is 45.1 Å². The van der Waals surface area contributed by atoms with E-state index in [4.69, 9.17) is 4.74 Å². The highest BCUT2D eigenvalue weighted by Crippen LogP contribution is 2.27. The summed E-state index contributed by atoms with van der Waals surface area (Å²) in [4.78, 5) is 39.7. The molecule has 1 aromatic rings. The molecule has 138 valence electrons. The van der Waals surface area contributed by atoms with Gasteiger partial charge >= 0.3 is 0 Å². The lowest BCUT2D eigenvalue weighted by atomic mass is 10.1. The number of rotatable bonds is 8. The molecule has 1 N–H and O–H groups in total. The van der Waals surface area contributed by atoms with Crippen molar-refractivity contribution >= 4 is 11.8 Å². The Labute approximate surface area is 146 Å². The molecule has 25 heavy (non-hydrogen) atoms. The molecule has 0 spiro atoms. The van der Waals surface area contributed by atoms with E-state index in [1.54, 1.807) is 18.2 Å². The number of nitrogens with zero attached hydrogens (tertiary/aromatic N) is 2. The van der Waals surface area contributed by atoms with Crippen LogP contribution in [0.2, 0.25) is 0 Å². The van der Waals surface area contributed by atoms with E-state index in [0.29, 0.717) is 23.5 Å². The fraction of sp³-hybridized carbons (Fsp3) is 0.500. The fourth-order valence-electron chi connectivity index (χ4n) is 2.14. The van der Waals surface area contributed by atoms with Gasteiger partial charge in [0.05, 0.1) is 24.3 Å². The summed E-state index contributed by atoms with van der Waals surface area (Å²) in [5.41, 5.74) is 0.623. The molecule has 0 aromatic heterocycles. The zero-order valence-electron chi connectivity index (χ0n) is 14.6. The van der Waals surface area contributed by atoms with Crippen molar-refractivity contribution in [1.29, 1.82) is 0 Å². The highest BCUT2D eigenvalue weighted by atomic mass is 16.9. The van der Waals surface area contributed by atoms with E-state index >= 15 is 0 Å². The van der Waals surface area contributed by atoms with Gasteiger partial charge < -0.3 is 14.9 Å². The summed E-state index contributed by atoms with van der Waals surface area (Å²) in [5.74, 6) is -0.272. The van der Waals surface area contributed by atoms with Crippen molar-refractivity contribution < 1.29 is 24.3 Å². The smallest absolute Gasteiger partial charge is 0.294 e. The predicted octanol–water partition coefficient (Wildman–Crippen LogP) is 1.51. The normalized spacial score (nSPS) is 12.4. The highest BCUT2D eigenvalue weighted by molar-refractivity contribution is 6.21. The Morgan fingerprint density at radius 3 is 2.40 bits per heavy atom. The third-order valence-corrected chi connectivity index (χ3v) is 3.14. The molecule has 9 heteroatoms. The molecule has 0 unspecified atom stereocenters. The second-order valence-corrected chi connectivity index (χ2v) is 5.23. The average molecular weight is 353 g/mol. The van der Waals surface area contributed by atoms with Crippen molar-refractivity contribution in [2.75, 3.05) is 33.9 Å². The Morgan fingerprint density at radius 2 is 1.80 bits per heavy atom. The lowest BCUT2D eigenvalue weighted by Gasteiger charge is -2.12. The van der Waals surface area contributed by atoms with Crippen molar-refractivity contribution in [3.63, 3.8) is 0 Å². The van der Waals surface area contributed by atoms with Crippen LogP contribution in [0.25, 0.3) is 0 Å². The molecule has 0 saturated carbocycles. The molecular weight excluding hydrogens is 330 g/mol. The van der Waals surface area contributed by atoms with E-state index in [1.165, 1.54) is 0 Å². The summed E-state index contributed by atoms with van der Waals surface area (Å²) in [7, 11) is 3.75. The van der Waals surface area contributed by atoms with E-state index < -0.39 is 16.9 Å². The molecular formula is C16H23N3O6. The van der Waals surface area contributed by atoms with Gasteiger partial charge in [-0.2, -0.15) is 0 Å². The van der Waals surface area contributed by atoms with Crippen molar-refractivity contribution in [3.8, 4) is 5.75 Å². The number of amides is 2. The highest BCUT2D eigenvalue weighted by Gasteiger charge is 2.35. The zero-order valence-corrected chi connectivity index (χ0v) is 14.6. The van der Waals surface area contributed by atoms with Gasteiger partial charge in [0.25, 0.3) is 16.9 Å². The first-order valence-electron chi connectivity index (χ1n) is 7.95. The van der Waals surface area contributed by atoms with Gasteiger partial charge in [0, 0.05) is 6.54 Å². The minimum atomic E-state index is -0.903. The van der Waals surface area contributed by atoms with Gasteiger partial charge in [0.2, 0.25) is 0 Å². The Hall–Kier alpha value is -2.68. The molecule has 1 aliphatic heterocycles. The van der Waals surface area contributed by atoms with Crippen molar-refractivity contribution in [1.82, 2.24) is 10.2 Å². The minimum absolute atomic E-state index is 0.0747. The summed E-state index contributed by atoms with van der Waals surface area (Å²) >= 11 is 0. The van der Waals surface area contributed by atoms with E-state index in [0.717, 1.165) is 11.3 Å². The van der Waals surface area contributed by atoms with E-state index in [-0.39, 0.29) is 19.6 Å². The van der Waals surface area contributed by atoms with Gasteiger partial charge in [0.1, 0.15) is 5.75 Å². The van der Waals surface area contributed by atoms with Crippen LogP contribution in [0.1, 0.15) is 40.5 Å². The summed E-state index contributed by atoms with van der Waals surface area (Å²) < 4.78 is 5.45. The maximum Gasteiger partial charge on any atom is 0.294 e. The Morgan fingerprint density at radius 1 is 1.16 bits per heavy atom. The zero-order chi connectivity index (χ0) is 18.8. The van der Waals surface area contributed by atoms with Crippen molar-refractivity contribution in [2.45, 2.75) is 19.8 Å². The number of hydrogen-bond acceptors (Lipinski definition) is 7. The number of hydrogen-bond donors (Lipinski definition) is 1. The number of nitrogens with one attached hydrogen (secondary N) is 1. The summed E-state index contributed by atoms with van der Waals surface area (Å²) in [6.07, 6.45) is 1.04. The largest absolute Gasteiger partial charge is 0.494 e. The maximum atomic E-state index is 12.2. The maximum absolute atomic E-state index is 12.2. The second-order valence-electron chi connectivity index (χ2n) is 5.23. The predicted molar refractivity (Wildman–Crippen MR) is 90.1 cm³/mol. The van der Waals surface area contributed by atoms with Gasteiger partial charge in [-0.15, -0.1) is 10.1 Å².